The monoisotopic (exact) mass is 552 g/mol. The largest absolute Gasteiger partial charge is 0.382 e. The number of hydrogen-bond acceptors (Lipinski definition) is 5. The lowest BCUT2D eigenvalue weighted by atomic mass is 10.2. The molecular weight excluding hydrogens is 511 g/mol. The molecule has 0 saturated carbocycles. The average molecular weight is 553 g/mol. The van der Waals surface area contributed by atoms with Crippen LogP contribution in [-0.4, -0.2) is 123 Å². The number of carbonyl (C=O) groups excluding carboxylic acids is 2. The van der Waals surface area contributed by atoms with Crippen LogP contribution in [0.5, 0.6) is 0 Å². The van der Waals surface area contributed by atoms with Crippen molar-refractivity contribution >= 4 is 41.8 Å². The lowest BCUT2D eigenvalue weighted by Gasteiger charge is -2.39. The molecule has 2 fully saturated rings. The third-order valence-electron chi connectivity index (χ3n) is 5.75. The molecule has 2 aliphatic heterocycles. The van der Waals surface area contributed by atoms with Crippen LogP contribution in [0.2, 0.25) is 0 Å². The van der Waals surface area contributed by atoms with Gasteiger partial charge in [-0.2, -0.15) is 0 Å². The van der Waals surface area contributed by atoms with Crippen LogP contribution < -0.4 is 5.32 Å². The van der Waals surface area contributed by atoms with Crippen LogP contribution in [0.3, 0.4) is 0 Å². The van der Waals surface area contributed by atoms with Gasteiger partial charge in [0.15, 0.2) is 5.96 Å². The lowest BCUT2D eigenvalue weighted by molar-refractivity contribution is -0.135. The molecule has 0 aromatic carbocycles. The Morgan fingerprint density at radius 3 is 2.29 bits per heavy atom. The SMILES string of the molecule is CCOCCCNC(=NCC(=O)N(C)C)N1CCN(C(C)C(=O)N2CCCC2)CC1.I. The van der Waals surface area contributed by atoms with E-state index in [1.807, 2.05) is 18.7 Å². The van der Waals surface area contributed by atoms with Gasteiger partial charge in [0.1, 0.15) is 6.54 Å². The Morgan fingerprint density at radius 1 is 1.06 bits per heavy atom. The van der Waals surface area contributed by atoms with Crippen molar-refractivity contribution in [3.8, 4) is 0 Å². The van der Waals surface area contributed by atoms with Crippen LogP contribution in [0.4, 0.5) is 0 Å². The maximum atomic E-state index is 12.7. The van der Waals surface area contributed by atoms with E-state index in [1.54, 1.807) is 19.0 Å². The van der Waals surface area contributed by atoms with Gasteiger partial charge in [-0.3, -0.25) is 14.5 Å². The van der Waals surface area contributed by atoms with E-state index in [4.69, 9.17) is 4.74 Å². The molecule has 0 radical (unpaired) electrons. The molecule has 2 aliphatic rings. The normalized spacial score (nSPS) is 18.5. The van der Waals surface area contributed by atoms with E-state index < -0.39 is 0 Å². The molecule has 0 aromatic heterocycles. The number of hydrogen-bond donors (Lipinski definition) is 1. The molecule has 1 atom stereocenters. The first-order valence-electron chi connectivity index (χ1n) is 11.3. The van der Waals surface area contributed by atoms with Gasteiger partial charge >= 0.3 is 0 Å². The molecule has 10 heteroatoms. The zero-order valence-corrected chi connectivity index (χ0v) is 22.0. The van der Waals surface area contributed by atoms with E-state index in [9.17, 15) is 9.59 Å². The van der Waals surface area contributed by atoms with Crippen molar-refractivity contribution in [3.05, 3.63) is 0 Å². The smallest absolute Gasteiger partial charge is 0.243 e. The highest BCUT2D eigenvalue weighted by atomic mass is 127. The molecule has 180 valence electrons. The van der Waals surface area contributed by atoms with Crippen LogP contribution in [0.25, 0.3) is 0 Å². The number of piperazine rings is 1. The summed E-state index contributed by atoms with van der Waals surface area (Å²) in [6, 6.07) is -0.0832. The third kappa shape index (κ3) is 9.09. The number of carbonyl (C=O) groups is 2. The molecule has 9 nitrogen and oxygen atoms in total. The van der Waals surface area contributed by atoms with E-state index >= 15 is 0 Å². The minimum absolute atomic E-state index is 0. The number of aliphatic imine (C=N–C) groups is 1. The van der Waals surface area contributed by atoms with Gasteiger partial charge in [-0.15, -0.1) is 24.0 Å². The molecule has 0 aliphatic carbocycles. The first-order valence-corrected chi connectivity index (χ1v) is 11.3. The summed E-state index contributed by atoms with van der Waals surface area (Å²) < 4.78 is 5.40. The summed E-state index contributed by atoms with van der Waals surface area (Å²) in [5.74, 6) is 0.993. The Kier molecular flexibility index (Phi) is 13.3. The zero-order valence-electron chi connectivity index (χ0n) is 19.6. The lowest BCUT2D eigenvalue weighted by Crippen LogP contribution is -2.57. The first kappa shape index (κ1) is 27.9. The van der Waals surface area contributed by atoms with Crippen molar-refractivity contribution in [2.45, 2.75) is 39.2 Å². The molecule has 2 amide bonds. The second-order valence-corrected chi connectivity index (χ2v) is 8.14. The molecule has 0 spiro atoms. The molecule has 0 aromatic rings. The predicted octanol–water partition coefficient (Wildman–Crippen LogP) is 0.693. The number of rotatable bonds is 9. The van der Waals surface area contributed by atoms with Crippen LogP contribution in [-0.2, 0) is 14.3 Å². The fourth-order valence-corrected chi connectivity index (χ4v) is 3.75. The highest BCUT2D eigenvalue weighted by molar-refractivity contribution is 14.0. The topological polar surface area (TPSA) is 80.7 Å². The van der Waals surface area contributed by atoms with Gasteiger partial charge < -0.3 is 24.8 Å². The van der Waals surface area contributed by atoms with Crippen molar-refractivity contribution in [1.82, 2.24) is 24.9 Å². The molecule has 1 N–H and O–H groups in total. The molecule has 2 heterocycles. The summed E-state index contributed by atoms with van der Waals surface area (Å²) in [5.41, 5.74) is 0. The number of amides is 2. The molecule has 2 rings (SSSR count). The minimum Gasteiger partial charge on any atom is -0.382 e. The van der Waals surface area contributed by atoms with Gasteiger partial charge in [-0.05, 0) is 33.1 Å². The van der Waals surface area contributed by atoms with E-state index in [0.717, 1.165) is 71.0 Å². The van der Waals surface area contributed by atoms with Crippen LogP contribution >= 0.6 is 24.0 Å². The van der Waals surface area contributed by atoms with Gasteiger partial charge in [-0.1, -0.05) is 0 Å². The summed E-state index contributed by atoms with van der Waals surface area (Å²) >= 11 is 0. The summed E-state index contributed by atoms with van der Waals surface area (Å²) in [7, 11) is 3.48. The Bertz CT molecular complexity index is 575. The van der Waals surface area contributed by atoms with Crippen molar-refractivity contribution in [2.75, 3.05) is 79.7 Å². The van der Waals surface area contributed by atoms with Crippen molar-refractivity contribution in [3.63, 3.8) is 0 Å². The maximum Gasteiger partial charge on any atom is 0.243 e. The number of nitrogens with one attached hydrogen (secondary N) is 1. The molecule has 31 heavy (non-hydrogen) atoms. The number of nitrogens with zero attached hydrogens (tertiary/aromatic N) is 5. The number of ether oxygens (including phenoxy) is 1. The standard InChI is InChI=1S/C21H40N6O3.HI/c1-5-30-16-8-9-22-21(23-17-19(28)24(3)4)27-14-12-25(13-15-27)18(2)20(29)26-10-6-7-11-26;/h18H,5-17H2,1-4H3,(H,22,23);1H. The van der Waals surface area contributed by atoms with Crippen LogP contribution in [0.1, 0.15) is 33.1 Å². The van der Waals surface area contributed by atoms with E-state index in [2.05, 4.69) is 20.1 Å². The summed E-state index contributed by atoms with van der Waals surface area (Å²) in [6.45, 7) is 11.3. The predicted molar refractivity (Wildman–Crippen MR) is 134 cm³/mol. The van der Waals surface area contributed by atoms with Crippen LogP contribution in [0, 0.1) is 0 Å². The van der Waals surface area contributed by atoms with Crippen molar-refractivity contribution in [1.29, 1.82) is 0 Å². The minimum atomic E-state index is -0.0832. The second kappa shape index (κ2) is 14.8. The molecule has 1 unspecified atom stereocenters. The zero-order chi connectivity index (χ0) is 21.9. The van der Waals surface area contributed by atoms with Gasteiger partial charge in [-0.25, -0.2) is 4.99 Å². The van der Waals surface area contributed by atoms with E-state index in [1.165, 1.54) is 0 Å². The highest BCUT2D eigenvalue weighted by Crippen LogP contribution is 2.14. The molecular formula is C21H41IN6O3. The second-order valence-electron chi connectivity index (χ2n) is 8.14. The number of likely N-dealkylation sites (N-methyl/N-ethyl adjacent to an activating group) is 1. The van der Waals surface area contributed by atoms with Crippen molar-refractivity contribution in [2.24, 2.45) is 4.99 Å². The number of halogens is 1. The highest BCUT2D eigenvalue weighted by Gasteiger charge is 2.30. The first-order chi connectivity index (χ1) is 14.4. The van der Waals surface area contributed by atoms with E-state index in [0.29, 0.717) is 13.2 Å². The van der Waals surface area contributed by atoms with Gasteiger partial charge in [0.2, 0.25) is 11.8 Å². The fourth-order valence-electron chi connectivity index (χ4n) is 3.75. The average Bonchev–Trinajstić information content (AvgIpc) is 3.29. The Balaban J connectivity index is 0.00000480. The van der Waals surface area contributed by atoms with Gasteiger partial charge in [0, 0.05) is 73.1 Å². The quantitative estimate of drug-likeness (QED) is 0.196. The van der Waals surface area contributed by atoms with Gasteiger partial charge in [0.05, 0.1) is 6.04 Å². The summed E-state index contributed by atoms with van der Waals surface area (Å²) in [4.78, 5) is 37.3. The third-order valence-corrected chi connectivity index (χ3v) is 5.75. The molecule has 2 saturated heterocycles. The van der Waals surface area contributed by atoms with Gasteiger partial charge in [0.25, 0.3) is 0 Å². The molecule has 0 bridgehead atoms. The van der Waals surface area contributed by atoms with Crippen LogP contribution in [0.15, 0.2) is 4.99 Å². The number of guanidine groups is 1. The summed E-state index contributed by atoms with van der Waals surface area (Å²) in [5, 5.41) is 3.39. The van der Waals surface area contributed by atoms with Crippen molar-refractivity contribution < 1.29 is 14.3 Å². The Labute approximate surface area is 204 Å². The maximum absolute atomic E-state index is 12.7. The number of likely N-dealkylation sites (tertiary alicyclic amines) is 1. The van der Waals surface area contributed by atoms with E-state index in [-0.39, 0.29) is 48.4 Å². The summed E-state index contributed by atoms with van der Waals surface area (Å²) in [6.07, 6.45) is 3.12. The Morgan fingerprint density at radius 2 is 1.71 bits per heavy atom. The fraction of sp³-hybridized carbons (Fsp3) is 0.857. The Hall–Kier alpha value is -1.14.